The highest BCUT2D eigenvalue weighted by Crippen LogP contribution is 2.16. The van der Waals surface area contributed by atoms with E-state index in [1.807, 2.05) is 0 Å². The first kappa shape index (κ1) is 16.9. The average molecular weight is 246 g/mol. The van der Waals surface area contributed by atoms with Crippen molar-refractivity contribution in [2.75, 3.05) is 6.61 Å². The van der Waals surface area contributed by atoms with Gasteiger partial charge in [-0.3, -0.25) is 0 Å². The maximum Gasteiger partial charge on any atom is 0.0849 e. The molecule has 104 valence electrons. The van der Waals surface area contributed by atoms with E-state index in [1.54, 1.807) is 13.8 Å². The normalized spacial score (nSPS) is 13.9. The largest absolute Gasteiger partial charge is 0.396 e. The Labute approximate surface area is 106 Å². The molecule has 0 aromatic rings. The van der Waals surface area contributed by atoms with Crippen molar-refractivity contribution in [1.82, 2.24) is 0 Å². The van der Waals surface area contributed by atoms with Crippen LogP contribution in [0.5, 0.6) is 0 Å². The predicted molar refractivity (Wildman–Crippen MR) is 70.9 cm³/mol. The minimum Gasteiger partial charge on any atom is -0.396 e. The Morgan fingerprint density at radius 2 is 1.24 bits per heavy atom. The van der Waals surface area contributed by atoms with E-state index in [0.29, 0.717) is 13.0 Å². The molecule has 3 N–H and O–H groups in total. The predicted octanol–water partition coefficient (Wildman–Crippen LogP) is 2.62. The van der Waals surface area contributed by atoms with Gasteiger partial charge < -0.3 is 15.3 Å². The van der Waals surface area contributed by atoms with Gasteiger partial charge in [-0.2, -0.15) is 0 Å². The third kappa shape index (κ3) is 10.7. The van der Waals surface area contributed by atoms with Crippen molar-refractivity contribution in [2.24, 2.45) is 0 Å². The molecule has 0 radical (unpaired) electrons. The number of hydrogen-bond acceptors (Lipinski definition) is 3. The van der Waals surface area contributed by atoms with Gasteiger partial charge in [0.05, 0.1) is 11.7 Å². The molecule has 0 saturated heterocycles. The van der Waals surface area contributed by atoms with E-state index in [2.05, 4.69) is 0 Å². The van der Waals surface area contributed by atoms with Crippen LogP contribution in [0.4, 0.5) is 0 Å². The maximum atomic E-state index is 9.61. The standard InChI is InChI=1S/C14H30O3/c1-14(2,17)13(16)11-9-7-5-3-4-6-8-10-12-15/h13,15-17H,3-12H2,1-2H3. The molecule has 0 aliphatic heterocycles. The van der Waals surface area contributed by atoms with Gasteiger partial charge in [0.2, 0.25) is 0 Å². The molecule has 0 spiro atoms. The van der Waals surface area contributed by atoms with Crippen molar-refractivity contribution < 1.29 is 15.3 Å². The molecule has 0 aromatic carbocycles. The number of unbranched alkanes of at least 4 members (excludes halogenated alkanes) is 7. The van der Waals surface area contributed by atoms with Crippen LogP contribution < -0.4 is 0 Å². The summed E-state index contributed by atoms with van der Waals surface area (Å²) in [7, 11) is 0. The second-order valence-electron chi connectivity index (χ2n) is 5.51. The highest BCUT2D eigenvalue weighted by atomic mass is 16.3. The zero-order chi connectivity index (χ0) is 13.1. The van der Waals surface area contributed by atoms with Gasteiger partial charge in [0, 0.05) is 6.61 Å². The fraction of sp³-hybridized carbons (Fsp3) is 1.00. The summed E-state index contributed by atoms with van der Waals surface area (Å²) in [6.45, 7) is 3.62. The summed E-state index contributed by atoms with van der Waals surface area (Å²) in [6.07, 6.45) is 9.17. The molecule has 0 fully saturated rings. The van der Waals surface area contributed by atoms with Gasteiger partial charge in [-0.1, -0.05) is 44.9 Å². The number of rotatable bonds is 11. The van der Waals surface area contributed by atoms with Crippen LogP contribution in [0.3, 0.4) is 0 Å². The van der Waals surface area contributed by atoms with Crippen molar-refractivity contribution in [3.63, 3.8) is 0 Å². The second kappa shape index (κ2) is 9.86. The highest BCUT2D eigenvalue weighted by molar-refractivity contribution is 4.75. The van der Waals surface area contributed by atoms with Gasteiger partial charge in [0.15, 0.2) is 0 Å². The zero-order valence-corrected chi connectivity index (χ0v) is 11.5. The van der Waals surface area contributed by atoms with E-state index in [0.717, 1.165) is 25.7 Å². The topological polar surface area (TPSA) is 60.7 Å². The minimum absolute atomic E-state index is 0.314. The van der Waals surface area contributed by atoms with Gasteiger partial charge in [0.1, 0.15) is 0 Å². The number of hydrogen-bond donors (Lipinski definition) is 3. The van der Waals surface area contributed by atoms with E-state index >= 15 is 0 Å². The van der Waals surface area contributed by atoms with Gasteiger partial charge >= 0.3 is 0 Å². The molecule has 3 heteroatoms. The van der Waals surface area contributed by atoms with Crippen molar-refractivity contribution in [3.05, 3.63) is 0 Å². The molecule has 0 bridgehead atoms. The first-order chi connectivity index (χ1) is 7.98. The van der Waals surface area contributed by atoms with Gasteiger partial charge in [-0.25, -0.2) is 0 Å². The average Bonchev–Trinajstić information content (AvgIpc) is 2.25. The van der Waals surface area contributed by atoms with Crippen LogP contribution in [-0.2, 0) is 0 Å². The van der Waals surface area contributed by atoms with Gasteiger partial charge in [-0.05, 0) is 26.7 Å². The van der Waals surface area contributed by atoms with Crippen LogP contribution in [0.25, 0.3) is 0 Å². The van der Waals surface area contributed by atoms with Crippen LogP contribution in [0.2, 0.25) is 0 Å². The Morgan fingerprint density at radius 3 is 1.65 bits per heavy atom. The van der Waals surface area contributed by atoms with Crippen molar-refractivity contribution in [2.45, 2.75) is 83.3 Å². The monoisotopic (exact) mass is 246 g/mol. The third-order valence-electron chi connectivity index (χ3n) is 3.20. The smallest absolute Gasteiger partial charge is 0.0849 e. The summed E-state index contributed by atoms with van der Waals surface area (Å²) in [5.74, 6) is 0. The summed E-state index contributed by atoms with van der Waals surface area (Å²) in [6, 6.07) is 0. The summed E-state index contributed by atoms with van der Waals surface area (Å²) in [5.41, 5.74) is -0.968. The molecule has 17 heavy (non-hydrogen) atoms. The Balaban J connectivity index is 3.19. The van der Waals surface area contributed by atoms with Crippen LogP contribution in [0.1, 0.15) is 71.6 Å². The molecule has 0 heterocycles. The minimum atomic E-state index is -0.968. The fourth-order valence-electron chi connectivity index (χ4n) is 1.86. The number of aliphatic hydroxyl groups excluding tert-OH is 2. The van der Waals surface area contributed by atoms with Gasteiger partial charge in [0.25, 0.3) is 0 Å². The molecule has 1 unspecified atom stereocenters. The first-order valence-electron chi connectivity index (χ1n) is 6.99. The molecule has 0 rings (SSSR count). The van der Waals surface area contributed by atoms with E-state index in [-0.39, 0.29) is 0 Å². The van der Waals surface area contributed by atoms with Crippen LogP contribution in [-0.4, -0.2) is 33.6 Å². The molecule has 0 aliphatic carbocycles. The Kier molecular flexibility index (Phi) is 9.79. The summed E-state index contributed by atoms with van der Waals surface area (Å²) < 4.78 is 0. The lowest BCUT2D eigenvalue weighted by Gasteiger charge is -2.24. The van der Waals surface area contributed by atoms with E-state index in [1.165, 1.54) is 25.7 Å². The molecular weight excluding hydrogens is 216 g/mol. The van der Waals surface area contributed by atoms with Crippen molar-refractivity contribution in [3.8, 4) is 0 Å². The summed E-state index contributed by atoms with van der Waals surface area (Å²) in [4.78, 5) is 0. The van der Waals surface area contributed by atoms with Crippen LogP contribution in [0.15, 0.2) is 0 Å². The molecule has 1 atom stereocenters. The highest BCUT2D eigenvalue weighted by Gasteiger charge is 2.23. The van der Waals surface area contributed by atoms with E-state index in [9.17, 15) is 10.2 Å². The first-order valence-corrected chi connectivity index (χ1v) is 6.99. The molecule has 0 amide bonds. The maximum absolute atomic E-state index is 9.61. The second-order valence-corrected chi connectivity index (χ2v) is 5.51. The lowest BCUT2D eigenvalue weighted by atomic mass is 9.96. The Morgan fingerprint density at radius 1 is 0.824 bits per heavy atom. The Bertz CT molecular complexity index is 163. The molecule has 0 aliphatic rings. The van der Waals surface area contributed by atoms with E-state index < -0.39 is 11.7 Å². The lowest BCUT2D eigenvalue weighted by molar-refractivity contribution is -0.0522. The van der Waals surface area contributed by atoms with Crippen molar-refractivity contribution >= 4 is 0 Å². The molecule has 3 nitrogen and oxygen atoms in total. The zero-order valence-electron chi connectivity index (χ0n) is 11.5. The lowest BCUT2D eigenvalue weighted by Crippen LogP contribution is -2.35. The van der Waals surface area contributed by atoms with Crippen molar-refractivity contribution in [1.29, 1.82) is 0 Å². The van der Waals surface area contributed by atoms with Crippen LogP contribution >= 0.6 is 0 Å². The summed E-state index contributed by atoms with van der Waals surface area (Å²) in [5, 5.41) is 27.8. The SMILES string of the molecule is CC(C)(O)C(O)CCCCCCCCCCO. The molecule has 0 saturated carbocycles. The van der Waals surface area contributed by atoms with Crippen LogP contribution in [0, 0.1) is 0 Å². The summed E-state index contributed by atoms with van der Waals surface area (Å²) >= 11 is 0. The third-order valence-corrected chi connectivity index (χ3v) is 3.20. The Hall–Kier alpha value is -0.120. The molecule has 0 aromatic heterocycles. The fourth-order valence-corrected chi connectivity index (χ4v) is 1.86. The van der Waals surface area contributed by atoms with Gasteiger partial charge in [-0.15, -0.1) is 0 Å². The number of aliphatic hydroxyl groups is 3. The molecular formula is C14H30O3. The van der Waals surface area contributed by atoms with E-state index in [4.69, 9.17) is 5.11 Å². The quantitative estimate of drug-likeness (QED) is 0.491.